The number of hydrogen-bond acceptors (Lipinski definition) is 4. The first-order valence-electron chi connectivity index (χ1n) is 7.26. The van der Waals surface area contributed by atoms with Gasteiger partial charge >= 0.3 is 5.97 Å². The summed E-state index contributed by atoms with van der Waals surface area (Å²) in [4.78, 5) is 28.7. The molecular weight excluding hydrogens is 354 g/mol. The minimum Gasteiger partial charge on any atom is -0.462 e. The highest BCUT2D eigenvalue weighted by atomic mass is 35.5. The lowest BCUT2D eigenvalue weighted by atomic mass is 10.1. The zero-order chi connectivity index (χ0) is 18.1. The molecule has 2 aromatic heterocycles. The van der Waals surface area contributed by atoms with Crippen LogP contribution in [-0.2, 0) is 4.74 Å². The van der Waals surface area contributed by atoms with Crippen LogP contribution in [0.2, 0.25) is 5.02 Å². The zero-order valence-electron chi connectivity index (χ0n) is 12.9. The van der Waals surface area contributed by atoms with E-state index in [1.165, 1.54) is 22.9 Å². The molecule has 0 N–H and O–H groups in total. The second kappa shape index (κ2) is 6.60. The number of fused-ring (bicyclic) bond motifs is 1. The van der Waals surface area contributed by atoms with Crippen LogP contribution < -0.4 is 5.43 Å². The lowest BCUT2D eigenvalue weighted by Gasteiger charge is -2.13. The molecule has 25 heavy (non-hydrogen) atoms. The Labute approximate surface area is 145 Å². The Morgan fingerprint density at radius 1 is 1.32 bits per heavy atom. The van der Waals surface area contributed by atoms with E-state index >= 15 is 0 Å². The third-order valence-electron chi connectivity index (χ3n) is 3.47. The molecule has 0 amide bonds. The lowest BCUT2D eigenvalue weighted by molar-refractivity contribution is 0.0524. The van der Waals surface area contributed by atoms with Gasteiger partial charge in [-0.2, -0.15) is 0 Å². The van der Waals surface area contributed by atoms with Crippen LogP contribution in [0, 0.1) is 11.6 Å². The quantitative estimate of drug-likeness (QED) is 0.667. The SMILES string of the molecule is CCOC(=O)c1cn(-c2ccc(F)cc2F)c2ncc(Cl)cc2c1=O. The van der Waals surface area contributed by atoms with E-state index in [9.17, 15) is 18.4 Å². The Balaban J connectivity index is 2.39. The molecule has 0 aliphatic heterocycles. The van der Waals surface area contributed by atoms with E-state index in [0.717, 1.165) is 12.3 Å². The van der Waals surface area contributed by atoms with Crippen molar-refractivity contribution >= 4 is 28.6 Å². The Morgan fingerprint density at radius 2 is 2.08 bits per heavy atom. The highest BCUT2D eigenvalue weighted by Crippen LogP contribution is 2.21. The summed E-state index contributed by atoms with van der Waals surface area (Å²) >= 11 is 5.88. The van der Waals surface area contributed by atoms with Gasteiger partial charge in [-0.3, -0.25) is 9.36 Å². The number of nitrogens with zero attached hydrogens (tertiary/aromatic N) is 2. The zero-order valence-corrected chi connectivity index (χ0v) is 13.7. The van der Waals surface area contributed by atoms with Gasteiger partial charge in [0, 0.05) is 18.5 Å². The largest absolute Gasteiger partial charge is 0.462 e. The van der Waals surface area contributed by atoms with Gasteiger partial charge in [-0.1, -0.05) is 11.6 Å². The van der Waals surface area contributed by atoms with Gasteiger partial charge in [0.2, 0.25) is 5.43 Å². The molecule has 0 saturated carbocycles. The summed E-state index contributed by atoms with van der Waals surface area (Å²) in [6.45, 7) is 1.66. The third-order valence-corrected chi connectivity index (χ3v) is 3.68. The molecule has 0 radical (unpaired) electrons. The Kier molecular flexibility index (Phi) is 4.50. The molecule has 5 nitrogen and oxygen atoms in total. The fourth-order valence-electron chi connectivity index (χ4n) is 2.40. The van der Waals surface area contributed by atoms with Gasteiger partial charge in [-0.05, 0) is 25.1 Å². The summed E-state index contributed by atoms with van der Waals surface area (Å²) in [6.07, 6.45) is 2.41. The van der Waals surface area contributed by atoms with E-state index in [1.807, 2.05) is 0 Å². The van der Waals surface area contributed by atoms with Crippen LogP contribution in [0.4, 0.5) is 8.78 Å². The Hall–Kier alpha value is -2.80. The first kappa shape index (κ1) is 17.0. The number of hydrogen-bond donors (Lipinski definition) is 0. The lowest BCUT2D eigenvalue weighted by Crippen LogP contribution is -2.21. The number of carbonyl (C=O) groups excluding carboxylic acids is 1. The minimum absolute atomic E-state index is 0.0155. The molecule has 0 saturated heterocycles. The summed E-state index contributed by atoms with van der Waals surface area (Å²) in [5, 5.41) is 0.193. The predicted octanol–water partition coefficient (Wildman–Crippen LogP) is 3.49. The molecule has 0 aliphatic rings. The number of aromatic nitrogens is 2. The molecule has 0 aliphatic carbocycles. The molecule has 128 valence electrons. The molecule has 1 aromatic carbocycles. The Bertz CT molecular complexity index is 1050. The highest BCUT2D eigenvalue weighted by molar-refractivity contribution is 6.31. The van der Waals surface area contributed by atoms with Crippen LogP contribution in [0.1, 0.15) is 17.3 Å². The van der Waals surface area contributed by atoms with Gasteiger partial charge in [0.05, 0.1) is 22.7 Å². The number of ether oxygens (including phenoxy) is 1. The van der Waals surface area contributed by atoms with E-state index in [1.54, 1.807) is 6.92 Å². The summed E-state index contributed by atoms with van der Waals surface area (Å²) in [5.74, 6) is -2.49. The van der Waals surface area contributed by atoms with Gasteiger partial charge in [-0.25, -0.2) is 18.6 Å². The van der Waals surface area contributed by atoms with Crippen molar-refractivity contribution in [2.75, 3.05) is 6.61 Å². The number of halogens is 3. The van der Waals surface area contributed by atoms with Gasteiger partial charge in [-0.15, -0.1) is 0 Å². The topological polar surface area (TPSA) is 61.2 Å². The van der Waals surface area contributed by atoms with Crippen molar-refractivity contribution in [3.63, 3.8) is 0 Å². The molecular formula is C17H11ClF2N2O3. The highest BCUT2D eigenvalue weighted by Gasteiger charge is 2.19. The fourth-order valence-corrected chi connectivity index (χ4v) is 2.56. The first-order valence-corrected chi connectivity index (χ1v) is 7.63. The summed E-state index contributed by atoms with van der Waals surface area (Å²) in [6, 6.07) is 4.26. The molecule has 0 atom stereocenters. The van der Waals surface area contributed by atoms with Crippen LogP contribution in [0.3, 0.4) is 0 Å². The maximum atomic E-state index is 14.2. The summed E-state index contributed by atoms with van der Waals surface area (Å²) in [5.41, 5.74) is -0.941. The van der Waals surface area contributed by atoms with E-state index in [4.69, 9.17) is 16.3 Å². The molecule has 3 rings (SSSR count). The standard InChI is InChI=1S/C17H11ClF2N2O3/c1-2-25-17(24)12-8-22(14-4-3-10(19)6-13(14)20)16-11(15(12)23)5-9(18)7-21-16/h3-8H,2H2,1H3. The Morgan fingerprint density at radius 3 is 2.76 bits per heavy atom. The number of rotatable bonds is 3. The normalized spacial score (nSPS) is 10.9. The summed E-state index contributed by atoms with van der Waals surface area (Å²) < 4.78 is 33.5. The molecule has 0 spiro atoms. The van der Waals surface area contributed by atoms with Crippen LogP contribution in [-0.4, -0.2) is 22.1 Å². The van der Waals surface area contributed by atoms with Crippen LogP contribution >= 0.6 is 11.6 Å². The monoisotopic (exact) mass is 364 g/mol. The van der Waals surface area contributed by atoms with Gasteiger partial charge < -0.3 is 4.74 Å². The maximum Gasteiger partial charge on any atom is 0.343 e. The van der Waals surface area contributed by atoms with Crippen molar-refractivity contribution in [2.45, 2.75) is 6.92 Å². The van der Waals surface area contributed by atoms with Crippen molar-refractivity contribution in [1.82, 2.24) is 9.55 Å². The number of benzene rings is 1. The van der Waals surface area contributed by atoms with Gasteiger partial charge in [0.25, 0.3) is 0 Å². The number of carbonyl (C=O) groups is 1. The van der Waals surface area contributed by atoms with Crippen molar-refractivity contribution in [3.05, 3.63) is 69.1 Å². The fraction of sp³-hybridized carbons (Fsp3) is 0.118. The van der Waals surface area contributed by atoms with Crippen molar-refractivity contribution in [1.29, 1.82) is 0 Å². The van der Waals surface area contributed by atoms with Gasteiger partial charge in [0.15, 0.2) is 0 Å². The van der Waals surface area contributed by atoms with Crippen LogP contribution in [0.15, 0.2) is 41.5 Å². The van der Waals surface area contributed by atoms with Crippen molar-refractivity contribution < 1.29 is 18.3 Å². The summed E-state index contributed by atoms with van der Waals surface area (Å²) in [7, 11) is 0. The van der Waals surface area contributed by atoms with E-state index < -0.39 is 23.0 Å². The third kappa shape index (κ3) is 3.10. The molecule has 8 heteroatoms. The second-order valence-electron chi connectivity index (χ2n) is 5.08. The average Bonchev–Trinajstić information content (AvgIpc) is 2.56. The first-order chi connectivity index (χ1) is 11.9. The van der Waals surface area contributed by atoms with Crippen molar-refractivity contribution in [3.8, 4) is 5.69 Å². The number of pyridine rings is 2. The smallest absolute Gasteiger partial charge is 0.343 e. The van der Waals surface area contributed by atoms with Crippen molar-refractivity contribution in [2.24, 2.45) is 0 Å². The molecule has 0 fully saturated rings. The number of esters is 1. The molecule has 0 unspecified atom stereocenters. The second-order valence-corrected chi connectivity index (χ2v) is 5.52. The van der Waals surface area contributed by atoms with E-state index in [-0.39, 0.29) is 33.9 Å². The van der Waals surface area contributed by atoms with Crippen LogP contribution in [0.5, 0.6) is 0 Å². The average molecular weight is 365 g/mol. The minimum atomic E-state index is -0.878. The predicted molar refractivity (Wildman–Crippen MR) is 88.2 cm³/mol. The molecule has 0 bridgehead atoms. The molecule has 3 aromatic rings. The maximum absolute atomic E-state index is 14.2. The van der Waals surface area contributed by atoms with Gasteiger partial charge in [0.1, 0.15) is 22.8 Å². The molecule has 2 heterocycles. The van der Waals surface area contributed by atoms with Crippen LogP contribution in [0.25, 0.3) is 16.7 Å². The van der Waals surface area contributed by atoms with E-state index in [2.05, 4.69) is 4.98 Å². The van der Waals surface area contributed by atoms with E-state index in [0.29, 0.717) is 6.07 Å².